The van der Waals surface area contributed by atoms with Crippen LogP contribution in [0.3, 0.4) is 0 Å². The molecule has 8 nitrogen and oxygen atoms in total. The van der Waals surface area contributed by atoms with Crippen LogP contribution in [0.1, 0.15) is 27.7 Å². The molecule has 1 atom stereocenters. The van der Waals surface area contributed by atoms with E-state index in [9.17, 15) is 19.2 Å². The van der Waals surface area contributed by atoms with Crippen molar-refractivity contribution in [2.75, 3.05) is 13.2 Å². The van der Waals surface area contributed by atoms with Gasteiger partial charge in [0.1, 0.15) is 11.6 Å². The monoisotopic (exact) mass is 312 g/mol. The summed E-state index contributed by atoms with van der Waals surface area (Å²) >= 11 is 0. The summed E-state index contributed by atoms with van der Waals surface area (Å²) in [6.45, 7) is 6.97. The third kappa shape index (κ3) is 5.19. The highest BCUT2D eigenvalue weighted by molar-refractivity contribution is 6.08. The molecule has 0 aromatic carbocycles. The lowest BCUT2D eigenvalue weighted by Gasteiger charge is -2.36. The molecule has 0 aromatic rings. The van der Waals surface area contributed by atoms with Crippen LogP contribution in [0.25, 0.3) is 0 Å². The summed E-state index contributed by atoms with van der Waals surface area (Å²) in [6.07, 6.45) is 1.19. The number of β-lactam (4-membered cyclic amide) rings is 1. The van der Waals surface area contributed by atoms with Crippen LogP contribution < -0.4 is 5.32 Å². The summed E-state index contributed by atoms with van der Waals surface area (Å²) in [4.78, 5) is 46.9. The zero-order chi connectivity index (χ0) is 16.9. The minimum absolute atomic E-state index is 0.0318. The molecular formula is C14H20N2O6. The van der Waals surface area contributed by atoms with Crippen LogP contribution in [0.2, 0.25) is 0 Å². The number of rotatable bonds is 4. The zero-order valence-corrected chi connectivity index (χ0v) is 13.0. The van der Waals surface area contributed by atoms with Crippen LogP contribution in [0.4, 0.5) is 4.79 Å². The number of hydrogen-bond acceptors (Lipinski definition) is 6. The van der Waals surface area contributed by atoms with Crippen molar-refractivity contribution in [3.05, 3.63) is 12.2 Å². The summed E-state index contributed by atoms with van der Waals surface area (Å²) in [5, 5.41) is 2.37. The molecule has 1 saturated heterocycles. The van der Waals surface area contributed by atoms with Gasteiger partial charge in [0.15, 0.2) is 0 Å². The van der Waals surface area contributed by atoms with Crippen LogP contribution in [0.5, 0.6) is 0 Å². The van der Waals surface area contributed by atoms with Gasteiger partial charge in [0.25, 0.3) is 11.8 Å². The first-order valence-corrected chi connectivity index (χ1v) is 6.83. The quantitative estimate of drug-likeness (QED) is 0.457. The highest BCUT2D eigenvalue weighted by atomic mass is 16.6. The Morgan fingerprint density at radius 3 is 2.45 bits per heavy atom. The Morgan fingerprint density at radius 1 is 1.32 bits per heavy atom. The Balaban J connectivity index is 2.44. The minimum Gasteiger partial charge on any atom is -0.463 e. The topological polar surface area (TPSA) is 102 Å². The van der Waals surface area contributed by atoms with Crippen LogP contribution >= 0.6 is 0 Å². The van der Waals surface area contributed by atoms with E-state index in [1.54, 1.807) is 27.7 Å². The maximum absolute atomic E-state index is 11.8. The first-order chi connectivity index (χ1) is 10.1. The molecule has 122 valence electrons. The molecule has 0 bridgehead atoms. The summed E-state index contributed by atoms with van der Waals surface area (Å²) < 4.78 is 9.63. The first-order valence-electron chi connectivity index (χ1n) is 6.83. The number of hydrogen-bond donors (Lipinski definition) is 1. The molecule has 1 aliphatic rings. The number of carbonyl (C=O) groups is 4. The molecule has 0 aromatic heterocycles. The van der Waals surface area contributed by atoms with E-state index < -0.39 is 35.5 Å². The molecule has 0 radical (unpaired) electrons. The molecular weight excluding hydrogens is 292 g/mol. The maximum atomic E-state index is 11.8. The molecule has 0 aliphatic carbocycles. The fourth-order valence-electron chi connectivity index (χ4n) is 1.60. The molecule has 8 heteroatoms. The first kappa shape index (κ1) is 17.7. The van der Waals surface area contributed by atoms with Gasteiger partial charge in [-0.15, -0.1) is 0 Å². The minimum atomic E-state index is -0.796. The Morgan fingerprint density at radius 2 is 1.95 bits per heavy atom. The second-order valence-corrected chi connectivity index (χ2v) is 5.57. The molecule has 1 rings (SSSR count). The van der Waals surface area contributed by atoms with Gasteiger partial charge in [0.2, 0.25) is 0 Å². The van der Waals surface area contributed by atoms with E-state index in [0.29, 0.717) is 0 Å². The lowest BCUT2D eigenvalue weighted by Crippen LogP contribution is -2.65. The lowest BCUT2D eigenvalue weighted by molar-refractivity contribution is -0.153. The van der Waals surface area contributed by atoms with E-state index in [2.05, 4.69) is 10.1 Å². The van der Waals surface area contributed by atoms with Crippen molar-refractivity contribution in [2.45, 2.75) is 39.3 Å². The highest BCUT2D eigenvalue weighted by Crippen LogP contribution is 2.13. The fourth-order valence-corrected chi connectivity index (χ4v) is 1.60. The van der Waals surface area contributed by atoms with Crippen LogP contribution in [0.15, 0.2) is 12.2 Å². The molecule has 1 heterocycles. The molecule has 1 N–H and O–H groups in total. The van der Waals surface area contributed by atoms with Crippen molar-refractivity contribution < 1.29 is 28.7 Å². The largest absolute Gasteiger partial charge is 0.463 e. The average Bonchev–Trinajstić information content (AvgIpc) is 2.38. The number of likely N-dealkylation sites (tertiary alicyclic amines) is 1. The van der Waals surface area contributed by atoms with Crippen LogP contribution in [-0.4, -0.2) is 53.6 Å². The van der Waals surface area contributed by atoms with Gasteiger partial charge in [-0.3, -0.25) is 14.5 Å². The van der Waals surface area contributed by atoms with E-state index in [1.165, 1.54) is 0 Å². The van der Waals surface area contributed by atoms with Gasteiger partial charge in [-0.25, -0.2) is 9.59 Å². The number of esters is 1. The van der Waals surface area contributed by atoms with Crippen molar-refractivity contribution in [2.24, 2.45) is 0 Å². The average molecular weight is 312 g/mol. The molecule has 1 unspecified atom stereocenters. The van der Waals surface area contributed by atoms with Crippen molar-refractivity contribution in [1.29, 1.82) is 0 Å². The maximum Gasteiger partial charge on any atom is 0.408 e. The SMILES string of the molecule is CCOC(=O)C=CC(=O)N1CC(NC(=O)OC(C)(C)C)C1=O. The van der Waals surface area contributed by atoms with E-state index in [4.69, 9.17) is 4.74 Å². The van der Waals surface area contributed by atoms with Gasteiger partial charge in [0, 0.05) is 12.2 Å². The number of nitrogens with zero attached hydrogens (tertiary/aromatic N) is 1. The molecule has 0 saturated carbocycles. The predicted molar refractivity (Wildman–Crippen MR) is 75.7 cm³/mol. The number of nitrogens with one attached hydrogen (secondary N) is 1. The summed E-state index contributed by atoms with van der Waals surface area (Å²) in [5.41, 5.74) is -0.672. The standard InChI is InChI=1S/C14H20N2O6/c1-5-21-11(18)7-6-10(17)16-8-9(12(16)19)15-13(20)22-14(2,3)4/h6-7,9H,5,8H2,1-4H3,(H,15,20). The molecule has 0 spiro atoms. The third-order valence-electron chi connectivity index (χ3n) is 2.53. The van der Waals surface area contributed by atoms with Crippen molar-refractivity contribution in [1.82, 2.24) is 10.2 Å². The second kappa shape index (κ2) is 7.06. The summed E-state index contributed by atoms with van der Waals surface area (Å²) in [5.74, 6) is -1.85. The Kier molecular flexibility index (Phi) is 5.67. The van der Waals surface area contributed by atoms with Gasteiger partial charge in [-0.2, -0.15) is 0 Å². The van der Waals surface area contributed by atoms with Crippen molar-refractivity contribution in [3.63, 3.8) is 0 Å². The van der Waals surface area contributed by atoms with Gasteiger partial charge >= 0.3 is 12.1 Å². The van der Waals surface area contributed by atoms with Gasteiger partial charge < -0.3 is 14.8 Å². The number of amides is 3. The van der Waals surface area contributed by atoms with Crippen LogP contribution in [0, 0.1) is 0 Å². The van der Waals surface area contributed by atoms with E-state index in [0.717, 1.165) is 17.1 Å². The smallest absolute Gasteiger partial charge is 0.408 e. The lowest BCUT2D eigenvalue weighted by atomic mass is 10.1. The Labute approximate surface area is 128 Å². The normalized spacial score (nSPS) is 17.9. The van der Waals surface area contributed by atoms with E-state index in [-0.39, 0.29) is 13.2 Å². The highest BCUT2D eigenvalue weighted by Gasteiger charge is 2.41. The second-order valence-electron chi connectivity index (χ2n) is 5.57. The van der Waals surface area contributed by atoms with Crippen LogP contribution in [-0.2, 0) is 23.9 Å². The Bertz CT molecular complexity index is 506. The number of alkyl carbamates (subject to hydrolysis) is 1. The fraction of sp³-hybridized carbons (Fsp3) is 0.571. The van der Waals surface area contributed by atoms with Gasteiger partial charge in [-0.05, 0) is 27.7 Å². The Hall–Kier alpha value is -2.38. The zero-order valence-electron chi connectivity index (χ0n) is 13.0. The van der Waals surface area contributed by atoms with Crippen molar-refractivity contribution in [3.8, 4) is 0 Å². The molecule has 3 amide bonds. The predicted octanol–water partition coefficient (Wildman–Crippen LogP) is 0.368. The van der Waals surface area contributed by atoms with Gasteiger partial charge in [-0.1, -0.05) is 0 Å². The number of imide groups is 1. The molecule has 22 heavy (non-hydrogen) atoms. The molecule has 1 aliphatic heterocycles. The molecule has 1 fully saturated rings. The number of ether oxygens (including phenoxy) is 2. The summed E-state index contributed by atoms with van der Waals surface area (Å²) in [6, 6.07) is -0.796. The number of carbonyl (C=O) groups excluding carboxylic acids is 4. The third-order valence-corrected chi connectivity index (χ3v) is 2.53. The van der Waals surface area contributed by atoms with E-state index in [1.807, 2.05) is 0 Å². The summed E-state index contributed by atoms with van der Waals surface area (Å²) in [7, 11) is 0. The van der Waals surface area contributed by atoms with E-state index >= 15 is 0 Å². The van der Waals surface area contributed by atoms with Crippen molar-refractivity contribution >= 4 is 23.9 Å². The van der Waals surface area contributed by atoms with Gasteiger partial charge in [0.05, 0.1) is 13.2 Å².